The number of thiophene rings is 1. The van der Waals surface area contributed by atoms with E-state index in [9.17, 15) is 8.78 Å². The summed E-state index contributed by atoms with van der Waals surface area (Å²) >= 11 is 1.98. The van der Waals surface area contributed by atoms with E-state index in [-0.39, 0.29) is 11.0 Å². The molecule has 1 aromatic carbocycles. The van der Waals surface area contributed by atoms with Gasteiger partial charge in [0, 0.05) is 35.0 Å². The predicted octanol–water partition coefficient (Wildman–Crippen LogP) is 12.0. The highest BCUT2D eigenvalue weighted by Gasteiger charge is 2.31. The van der Waals surface area contributed by atoms with Gasteiger partial charge in [0.25, 0.3) is 5.92 Å². The molecular weight excluding hydrogens is 540 g/mol. The van der Waals surface area contributed by atoms with Crippen molar-refractivity contribution >= 4 is 22.6 Å². The zero-order valence-electron chi connectivity index (χ0n) is 26.9. The zero-order chi connectivity index (χ0) is 30.5. The van der Waals surface area contributed by atoms with Gasteiger partial charge in [0.2, 0.25) is 0 Å². The van der Waals surface area contributed by atoms with Crippen molar-refractivity contribution in [2.75, 3.05) is 6.54 Å². The number of hydrogen-bond donors (Lipinski definition) is 1. The average molecular weight is 592 g/mol. The summed E-state index contributed by atoms with van der Waals surface area (Å²) in [5.41, 5.74) is 9.91. The summed E-state index contributed by atoms with van der Waals surface area (Å²) < 4.78 is 27.5. The van der Waals surface area contributed by atoms with Crippen LogP contribution in [-0.2, 0) is 11.3 Å². The van der Waals surface area contributed by atoms with Crippen LogP contribution in [0.1, 0.15) is 127 Å². The molecule has 1 atom stereocenters. The average Bonchev–Trinajstić information content (AvgIpc) is 3.70. The third-order valence-corrected chi connectivity index (χ3v) is 11.0. The quantitative estimate of drug-likeness (QED) is 0.215. The monoisotopic (exact) mass is 591 g/mol. The first-order valence-corrected chi connectivity index (χ1v) is 16.9. The van der Waals surface area contributed by atoms with E-state index in [0.717, 1.165) is 64.0 Å². The second kappa shape index (κ2) is 13.9. The Bertz CT molecular complexity index is 1340. The second-order valence-electron chi connectivity index (χ2n) is 12.7. The fourth-order valence-electron chi connectivity index (χ4n) is 6.71. The van der Waals surface area contributed by atoms with Gasteiger partial charge in [0.15, 0.2) is 0 Å². The smallest absolute Gasteiger partial charge is 0.270 e. The summed E-state index contributed by atoms with van der Waals surface area (Å²) in [7, 11) is 0. The third-order valence-electron chi connectivity index (χ3n) is 9.61. The molecule has 0 bridgehead atoms. The Kier molecular flexibility index (Phi) is 10.7. The largest absolute Gasteiger partial charge is 0.384 e. The van der Waals surface area contributed by atoms with Crippen molar-refractivity contribution in [1.29, 1.82) is 0 Å². The molecule has 0 spiro atoms. The summed E-state index contributed by atoms with van der Waals surface area (Å²) in [6.45, 7) is 15.6. The molecule has 0 saturated heterocycles. The SMILES string of the molecule is CCC=C(NCCC(C)=C1CC1)c1ccc(C(CC)(CC)CCC2=CC(C)=C(c3ccc(C(C)(F)F)cc3)C(C)C2)s1. The molecule has 4 rings (SSSR count). The molecule has 228 valence electrons. The summed E-state index contributed by atoms with van der Waals surface area (Å²) in [5.74, 6) is -2.44. The lowest BCUT2D eigenvalue weighted by molar-refractivity contribution is 0.0175. The van der Waals surface area contributed by atoms with E-state index in [2.05, 4.69) is 71.1 Å². The lowest BCUT2D eigenvalue weighted by Gasteiger charge is -2.33. The van der Waals surface area contributed by atoms with Gasteiger partial charge in [-0.1, -0.05) is 80.8 Å². The van der Waals surface area contributed by atoms with E-state index in [1.807, 2.05) is 23.5 Å². The van der Waals surface area contributed by atoms with Gasteiger partial charge in [0.1, 0.15) is 0 Å². The fourth-order valence-corrected chi connectivity index (χ4v) is 8.09. The van der Waals surface area contributed by atoms with Crippen LogP contribution in [0.25, 0.3) is 11.3 Å². The van der Waals surface area contributed by atoms with Crippen molar-refractivity contribution in [1.82, 2.24) is 5.32 Å². The van der Waals surface area contributed by atoms with Crippen LogP contribution < -0.4 is 5.32 Å². The Morgan fingerprint density at radius 1 is 1.05 bits per heavy atom. The number of nitrogens with one attached hydrogen (secondary N) is 1. The summed E-state index contributed by atoms with van der Waals surface area (Å²) in [6, 6.07) is 11.6. The second-order valence-corrected chi connectivity index (χ2v) is 13.8. The van der Waals surface area contributed by atoms with Crippen molar-refractivity contribution in [2.24, 2.45) is 5.92 Å². The number of rotatable bonds is 14. The lowest BCUT2D eigenvalue weighted by Crippen LogP contribution is -2.23. The molecule has 4 heteroatoms. The molecule has 0 radical (unpaired) electrons. The minimum Gasteiger partial charge on any atom is -0.384 e. The molecule has 0 amide bonds. The Morgan fingerprint density at radius 3 is 2.31 bits per heavy atom. The van der Waals surface area contributed by atoms with E-state index in [4.69, 9.17) is 0 Å². The molecule has 1 saturated carbocycles. The van der Waals surface area contributed by atoms with Crippen molar-refractivity contribution in [3.8, 4) is 0 Å². The van der Waals surface area contributed by atoms with Crippen LogP contribution in [0.4, 0.5) is 8.78 Å². The molecular formula is C38H51F2NS. The van der Waals surface area contributed by atoms with Gasteiger partial charge in [-0.3, -0.25) is 0 Å². The lowest BCUT2D eigenvalue weighted by atomic mass is 9.73. The highest BCUT2D eigenvalue weighted by Crippen LogP contribution is 2.44. The van der Waals surface area contributed by atoms with Crippen LogP contribution in [0.15, 0.2) is 70.8 Å². The van der Waals surface area contributed by atoms with Crippen LogP contribution in [0, 0.1) is 5.92 Å². The van der Waals surface area contributed by atoms with Gasteiger partial charge in [-0.05, 0) is 106 Å². The van der Waals surface area contributed by atoms with Crippen LogP contribution in [-0.4, -0.2) is 6.54 Å². The van der Waals surface area contributed by atoms with Crippen LogP contribution in [0.2, 0.25) is 0 Å². The maximum atomic E-state index is 13.7. The van der Waals surface area contributed by atoms with Crippen LogP contribution in [0.3, 0.4) is 0 Å². The van der Waals surface area contributed by atoms with Gasteiger partial charge < -0.3 is 5.32 Å². The minimum atomic E-state index is -2.81. The first-order valence-electron chi connectivity index (χ1n) is 16.1. The van der Waals surface area contributed by atoms with Gasteiger partial charge in [-0.15, -0.1) is 11.3 Å². The minimum absolute atomic E-state index is 0.0748. The van der Waals surface area contributed by atoms with E-state index in [1.54, 1.807) is 23.3 Å². The highest BCUT2D eigenvalue weighted by molar-refractivity contribution is 7.13. The number of benzene rings is 1. The third kappa shape index (κ3) is 7.73. The van der Waals surface area contributed by atoms with E-state index >= 15 is 0 Å². The number of halogens is 2. The summed E-state index contributed by atoms with van der Waals surface area (Å²) in [5, 5.41) is 3.76. The standard InChI is InChI=1S/C38H51F2NS/c1-8-11-33(41-23-21-26(4)30-12-13-30)34-18-19-35(42-34)38(9-2,10-3)22-20-29-24-27(5)36(28(6)25-29)31-14-16-32(17-15-31)37(7,39)40/h11,14-19,24,28,41H,8-10,12-13,20-23,25H2,1-7H3. The van der Waals surface area contributed by atoms with E-state index < -0.39 is 5.92 Å². The van der Waals surface area contributed by atoms with Crippen molar-refractivity contribution in [3.05, 3.63) is 91.7 Å². The molecule has 42 heavy (non-hydrogen) atoms. The highest BCUT2D eigenvalue weighted by atomic mass is 32.1. The Balaban J connectivity index is 1.47. The maximum absolute atomic E-state index is 13.7. The molecule has 1 fully saturated rings. The Hall–Kier alpha value is -2.46. The van der Waals surface area contributed by atoms with Crippen LogP contribution >= 0.6 is 11.3 Å². The van der Waals surface area contributed by atoms with Gasteiger partial charge >= 0.3 is 0 Å². The predicted molar refractivity (Wildman–Crippen MR) is 179 cm³/mol. The molecule has 1 nitrogen and oxygen atoms in total. The number of hydrogen-bond acceptors (Lipinski definition) is 2. The van der Waals surface area contributed by atoms with Crippen LogP contribution in [0.5, 0.6) is 0 Å². The van der Waals surface area contributed by atoms with Gasteiger partial charge in [-0.25, -0.2) is 8.78 Å². The fraction of sp³-hybridized carbons (Fsp3) is 0.526. The van der Waals surface area contributed by atoms with Crippen molar-refractivity contribution in [3.63, 3.8) is 0 Å². The van der Waals surface area contributed by atoms with E-state index in [0.29, 0.717) is 5.92 Å². The maximum Gasteiger partial charge on any atom is 0.270 e. The summed E-state index contributed by atoms with van der Waals surface area (Å²) in [4.78, 5) is 2.86. The van der Waals surface area contributed by atoms with E-state index in [1.165, 1.54) is 45.0 Å². The number of alkyl halides is 2. The molecule has 2 aliphatic rings. The molecule has 1 unspecified atom stereocenters. The zero-order valence-corrected chi connectivity index (χ0v) is 27.7. The van der Waals surface area contributed by atoms with Crippen molar-refractivity contribution < 1.29 is 8.78 Å². The first-order chi connectivity index (χ1) is 20.0. The number of allylic oxidation sites excluding steroid dienone is 6. The molecule has 2 aliphatic carbocycles. The van der Waals surface area contributed by atoms with Gasteiger partial charge in [-0.2, -0.15) is 0 Å². The topological polar surface area (TPSA) is 12.0 Å². The Morgan fingerprint density at radius 2 is 1.74 bits per heavy atom. The molecule has 0 aliphatic heterocycles. The Labute approximate surface area is 257 Å². The normalized spacial score (nSPS) is 17.9. The molecule has 1 aromatic heterocycles. The first kappa shape index (κ1) is 32.5. The summed E-state index contributed by atoms with van der Waals surface area (Å²) in [6.07, 6.45) is 15.0. The molecule has 2 aromatic rings. The molecule has 1 N–H and O–H groups in total. The van der Waals surface area contributed by atoms with Gasteiger partial charge in [0.05, 0.1) is 4.88 Å². The molecule has 1 heterocycles. The van der Waals surface area contributed by atoms with Crippen molar-refractivity contribution in [2.45, 2.75) is 118 Å².